The molecule has 31 heavy (non-hydrogen) atoms. The molecule has 0 saturated carbocycles. The molecule has 0 saturated heterocycles. The SMILES string of the molecule is CCCCOc1ccc(N(c2ccc(OC)cc2)c2ccc(OCCCC)cc2)cc1. The highest BCUT2D eigenvalue weighted by Crippen LogP contribution is 2.36. The molecule has 0 fully saturated rings. The first kappa shape index (κ1) is 22.5. The Morgan fingerprint density at radius 2 is 0.903 bits per heavy atom. The number of hydrogen-bond acceptors (Lipinski definition) is 4. The topological polar surface area (TPSA) is 30.9 Å². The van der Waals surface area contributed by atoms with Crippen LogP contribution in [-0.4, -0.2) is 20.3 Å². The second kappa shape index (κ2) is 11.9. The Balaban J connectivity index is 1.86. The molecular weight excluding hydrogens is 386 g/mol. The molecule has 0 aliphatic rings. The fourth-order valence-corrected chi connectivity index (χ4v) is 3.23. The molecule has 0 bridgehead atoms. The van der Waals surface area contributed by atoms with Crippen LogP contribution in [0.1, 0.15) is 39.5 Å². The van der Waals surface area contributed by atoms with E-state index in [2.05, 4.69) is 55.1 Å². The van der Waals surface area contributed by atoms with Gasteiger partial charge in [-0.3, -0.25) is 0 Å². The molecule has 0 spiro atoms. The lowest BCUT2D eigenvalue weighted by atomic mass is 10.2. The summed E-state index contributed by atoms with van der Waals surface area (Å²) in [5.74, 6) is 2.63. The van der Waals surface area contributed by atoms with Gasteiger partial charge >= 0.3 is 0 Å². The Kier molecular flexibility index (Phi) is 8.65. The van der Waals surface area contributed by atoms with Crippen LogP contribution >= 0.6 is 0 Å². The zero-order valence-electron chi connectivity index (χ0n) is 18.8. The highest BCUT2D eigenvalue weighted by molar-refractivity contribution is 5.77. The summed E-state index contributed by atoms with van der Waals surface area (Å²) < 4.78 is 17.0. The third-order valence-corrected chi connectivity index (χ3v) is 5.05. The van der Waals surface area contributed by atoms with Crippen molar-refractivity contribution in [2.75, 3.05) is 25.2 Å². The largest absolute Gasteiger partial charge is 0.497 e. The van der Waals surface area contributed by atoms with E-state index in [4.69, 9.17) is 14.2 Å². The molecule has 4 heteroatoms. The zero-order valence-corrected chi connectivity index (χ0v) is 18.8. The predicted octanol–water partition coefficient (Wildman–Crippen LogP) is 7.52. The highest BCUT2D eigenvalue weighted by Gasteiger charge is 2.13. The molecule has 3 aromatic carbocycles. The van der Waals surface area contributed by atoms with Crippen molar-refractivity contribution in [1.29, 1.82) is 0 Å². The van der Waals surface area contributed by atoms with Crippen molar-refractivity contribution >= 4 is 17.1 Å². The summed E-state index contributed by atoms with van der Waals surface area (Å²) in [6.07, 6.45) is 4.38. The van der Waals surface area contributed by atoms with Crippen molar-refractivity contribution in [3.05, 3.63) is 72.8 Å². The highest BCUT2D eigenvalue weighted by atomic mass is 16.5. The average Bonchev–Trinajstić information content (AvgIpc) is 2.82. The minimum absolute atomic E-state index is 0.748. The molecule has 0 amide bonds. The van der Waals surface area contributed by atoms with Crippen molar-refractivity contribution < 1.29 is 14.2 Å². The van der Waals surface area contributed by atoms with Crippen LogP contribution in [0.5, 0.6) is 17.2 Å². The van der Waals surface area contributed by atoms with Gasteiger partial charge in [0, 0.05) is 17.1 Å². The molecule has 164 valence electrons. The van der Waals surface area contributed by atoms with E-state index in [0.29, 0.717) is 0 Å². The van der Waals surface area contributed by atoms with Gasteiger partial charge in [-0.15, -0.1) is 0 Å². The summed E-state index contributed by atoms with van der Waals surface area (Å²) in [7, 11) is 1.68. The molecule has 0 radical (unpaired) electrons. The van der Waals surface area contributed by atoms with Gasteiger partial charge in [0.05, 0.1) is 20.3 Å². The van der Waals surface area contributed by atoms with E-state index in [1.54, 1.807) is 7.11 Å². The van der Waals surface area contributed by atoms with Crippen molar-refractivity contribution in [2.24, 2.45) is 0 Å². The van der Waals surface area contributed by atoms with Crippen LogP contribution in [0.25, 0.3) is 0 Å². The molecule has 0 atom stereocenters. The summed E-state index contributed by atoms with van der Waals surface area (Å²) in [6, 6.07) is 24.6. The van der Waals surface area contributed by atoms with E-state index in [1.165, 1.54) is 0 Å². The van der Waals surface area contributed by atoms with Crippen LogP contribution in [0.2, 0.25) is 0 Å². The van der Waals surface area contributed by atoms with E-state index in [-0.39, 0.29) is 0 Å². The van der Waals surface area contributed by atoms with Gasteiger partial charge in [-0.2, -0.15) is 0 Å². The van der Waals surface area contributed by atoms with Crippen LogP contribution in [0.4, 0.5) is 17.1 Å². The van der Waals surface area contributed by atoms with Crippen molar-refractivity contribution in [3.8, 4) is 17.2 Å². The smallest absolute Gasteiger partial charge is 0.119 e. The minimum atomic E-state index is 0.748. The number of anilines is 3. The number of hydrogen-bond donors (Lipinski definition) is 0. The van der Waals surface area contributed by atoms with Crippen molar-refractivity contribution in [1.82, 2.24) is 0 Å². The molecule has 0 aliphatic carbocycles. The number of nitrogens with zero attached hydrogens (tertiary/aromatic N) is 1. The van der Waals surface area contributed by atoms with Gasteiger partial charge < -0.3 is 19.1 Å². The summed E-state index contributed by atoms with van der Waals surface area (Å²) in [4.78, 5) is 2.21. The first-order chi connectivity index (χ1) is 15.2. The maximum absolute atomic E-state index is 5.83. The van der Waals surface area contributed by atoms with E-state index in [0.717, 1.165) is 73.2 Å². The van der Waals surface area contributed by atoms with Crippen LogP contribution in [0, 0.1) is 0 Å². The van der Waals surface area contributed by atoms with Crippen LogP contribution in [0.15, 0.2) is 72.8 Å². The Bertz CT molecular complexity index is 836. The third-order valence-electron chi connectivity index (χ3n) is 5.05. The van der Waals surface area contributed by atoms with Gasteiger partial charge in [-0.1, -0.05) is 26.7 Å². The van der Waals surface area contributed by atoms with Gasteiger partial charge in [-0.05, 0) is 85.6 Å². The number of ether oxygens (including phenoxy) is 3. The van der Waals surface area contributed by atoms with Gasteiger partial charge in [0.2, 0.25) is 0 Å². The van der Waals surface area contributed by atoms with Crippen molar-refractivity contribution in [2.45, 2.75) is 39.5 Å². The summed E-state index contributed by atoms with van der Waals surface area (Å²) in [5.41, 5.74) is 3.18. The third kappa shape index (κ3) is 6.42. The lowest BCUT2D eigenvalue weighted by molar-refractivity contribution is 0.309. The van der Waals surface area contributed by atoms with Gasteiger partial charge in [-0.25, -0.2) is 0 Å². The molecule has 0 heterocycles. The van der Waals surface area contributed by atoms with Crippen LogP contribution in [0.3, 0.4) is 0 Å². The lowest BCUT2D eigenvalue weighted by Gasteiger charge is -2.26. The zero-order chi connectivity index (χ0) is 21.9. The van der Waals surface area contributed by atoms with Gasteiger partial charge in [0.25, 0.3) is 0 Å². The molecule has 0 N–H and O–H groups in total. The van der Waals surface area contributed by atoms with Crippen LogP contribution in [-0.2, 0) is 0 Å². The summed E-state index contributed by atoms with van der Waals surface area (Å²) in [5, 5.41) is 0. The monoisotopic (exact) mass is 419 g/mol. The Hall–Kier alpha value is -3.14. The van der Waals surface area contributed by atoms with E-state index < -0.39 is 0 Å². The van der Waals surface area contributed by atoms with E-state index >= 15 is 0 Å². The second-order valence-electron chi connectivity index (χ2n) is 7.43. The molecule has 4 nitrogen and oxygen atoms in total. The molecule has 0 aromatic heterocycles. The number of benzene rings is 3. The molecule has 3 rings (SSSR count). The van der Waals surface area contributed by atoms with E-state index in [9.17, 15) is 0 Å². The quantitative estimate of drug-likeness (QED) is 0.284. The normalized spacial score (nSPS) is 10.5. The number of methoxy groups -OCH3 is 1. The first-order valence-electron chi connectivity index (χ1n) is 11.1. The fourth-order valence-electron chi connectivity index (χ4n) is 3.23. The summed E-state index contributed by atoms with van der Waals surface area (Å²) in [6.45, 7) is 5.83. The lowest BCUT2D eigenvalue weighted by Crippen LogP contribution is -2.10. The maximum atomic E-state index is 5.83. The Labute approximate surface area is 186 Å². The predicted molar refractivity (Wildman–Crippen MR) is 128 cm³/mol. The molecule has 3 aromatic rings. The summed E-state index contributed by atoms with van der Waals surface area (Å²) >= 11 is 0. The second-order valence-corrected chi connectivity index (χ2v) is 7.43. The number of unbranched alkanes of at least 4 members (excludes halogenated alkanes) is 2. The van der Waals surface area contributed by atoms with Gasteiger partial charge in [0.15, 0.2) is 0 Å². The fraction of sp³-hybridized carbons (Fsp3) is 0.333. The maximum Gasteiger partial charge on any atom is 0.119 e. The molecule has 0 aliphatic heterocycles. The average molecular weight is 420 g/mol. The standard InChI is InChI=1S/C27H33NO3/c1-4-6-20-30-26-16-10-23(11-17-26)28(22-8-14-25(29-3)15-9-22)24-12-18-27(19-13-24)31-21-7-5-2/h8-19H,4-7,20-21H2,1-3H3. The minimum Gasteiger partial charge on any atom is -0.497 e. The van der Waals surface area contributed by atoms with Gasteiger partial charge in [0.1, 0.15) is 17.2 Å². The Morgan fingerprint density at radius 1 is 0.548 bits per heavy atom. The first-order valence-corrected chi connectivity index (χ1v) is 11.1. The van der Waals surface area contributed by atoms with Crippen LogP contribution < -0.4 is 19.1 Å². The van der Waals surface area contributed by atoms with E-state index in [1.807, 2.05) is 36.4 Å². The molecular formula is C27H33NO3. The van der Waals surface area contributed by atoms with Crippen molar-refractivity contribution in [3.63, 3.8) is 0 Å². The Morgan fingerprint density at radius 3 is 1.23 bits per heavy atom. The number of rotatable bonds is 12. The molecule has 0 unspecified atom stereocenters.